The summed E-state index contributed by atoms with van der Waals surface area (Å²) in [7, 11) is 2.54. The number of aromatic nitrogens is 4. The standard InChI is InChI=1S/C8H10N2O4.C6H7N3O3/c1-3-14-7(12)5-4-9-8(13)10(2)6(5)11;1-9-5(11)3(4(7)10)2-8-6(9)12/h4H,3H2,1-2H3,(H,9,13);2H,1H3,(H2,7,10)(H,8,12). The van der Waals surface area contributed by atoms with Gasteiger partial charge in [-0.25, -0.2) is 14.4 Å². The molecule has 12 nitrogen and oxygen atoms in total. The molecule has 0 atom stereocenters. The van der Waals surface area contributed by atoms with Crippen molar-refractivity contribution in [2.45, 2.75) is 6.92 Å². The highest BCUT2D eigenvalue weighted by Gasteiger charge is 2.13. The molecule has 1 amide bonds. The summed E-state index contributed by atoms with van der Waals surface area (Å²) < 4.78 is 6.22. The van der Waals surface area contributed by atoms with E-state index < -0.39 is 34.4 Å². The number of aromatic amines is 2. The highest BCUT2D eigenvalue weighted by molar-refractivity contribution is 5.91. The van der Waals surface area contributed by atoms with Gasteiger partial charge in [-0.2, -0.15) is 0 Å². The van der Waals surface area contributed by atoms with Crippen LogP contribution in [0.5, 0.6) is 0 Å². The third-order valence-electron chi connectivity index (χ3n) is 3.12. The van der Waals surface area contributed by atoms with Gasteiger partial charge in [0.1, 0.15) is 11.1 Å². The van der Waals surface area contributed by atoms with E-state index in [9.17, 15) is 28.8 Å². The zero-order chi connectivity index (χ0) is 20.0. The molecule has 0 aliphatic rings. The van der Waals surface area contributed by atoms with Gasteiger partial charge in [-0.15, -0.1) is 0 Å². The van der Waals surface area contributed by atoms with Gasteiger partial charge in [0, 0.05) is 26.5 Å². The van der Waals surface area contributed by atoms with E-state index in [1.54, 1.807) is 6.92 Å². The van der Waals surface area contributed by atoms with Crippen LogP contribution < -0.4 is 28.2 Å². The second-order valence-corrected chi connectivity index (χ2v) is 4.83. The molecule has 2 aromatic rings. The van der Waals surface area contributed by atoms with Crippen LogP contribution in [0.3, 0.4) is 0 Å². The molecular formula is C14H17N5O7. The molecule has 4 N–H and O–H groups in total. The van der Waals surface area contributed by atoms with E-state index in [4.69, 9.17) is 5.73 Å². The van der Waals surface area contributed by atoms with Gasteiger partial charge in [0.2, 0.25) is 0 Å². The van der Waals surface area contributed by atoms with E-state index in [1.165, 1.54) is 14.1 Å². The smallest absolute Gasteiger partial charge is 0.345 e. The lowest BCUT2D eigenvalue weighted by Gasteiger charge is -2.01. The molecule has 12 heteroatoms. The Morgan fingerprint density at radius 3 is 1.81 bits per heavy atom. The summed E-state index contributed by atoms with van der Waals surface area (Å²) in [5.41, 5.74) is 1.97. The molecule has 2 aromatic heterocycles. The van der Waals surface area contributed by atoms with Crippen molar-refractivity contribution >= 4 is 11.9 Å². The molecule has 0 unspecified atom stereocenters. The summed E-state index contributed by atoms with van der Waals surface area (Å²) in [5.74, 6) is -1.59. The first-order valence-electron chi connectivity index (χ1n) is 7.16. The summed E-state index contributed by atoms with van der Waals surface area (Å²) in [6.45, 7) is 1.81. The van der Waals surface area contributed by atoms with Crippen LogP contribution in [0.2, 0.25) is 0 Å². The van der Waals surface area contributed by atoms with Gasteiger partial charge in [0.25, 0.3) is 17.0 Å². The zero-order valence-electron chi connectivity index (χ0n) is 14.2. The number of nitrogens with two attached hydrogens (primary N) is 1. The van der Waals surface area contributed by atoms with Crippen LogP contribution in [0.25, 0.3) is 0 Å². The van der Waals surface area contributed by atoms with Crippen molar-refractivity contribution in [2.24, 2.45) is 19.8 Å². The van der Waals surface area contributed by atoms with Crippen molar-refractivity contribution < 1.29 is 14.3 Å². The van der Waals surface area contributed by atoms with Crippen molar-refractivity contribution in [2.75, 3.05) is 6.61 Å². The first-order valence-corrected chi connectivity index (χ1v) is 7.16. The first kappa shape index (κ1) is 20.3. The molecule has 0 saturated heterocycles. The van der Waals surface area contributed by atoms with E-state index in [1.807, 2.05) is 0 Å². The van der Waals surface area contributed by atoms with Crippen LogP contribution in [0, 0.1) is 0 Å². The highest BCUT2D eigenvalue weighted by atomic mass is 16.5. The quantitative estimate of drug-likeness (QED) is 0.498. The maximum atomic E-state index is 11.3. The average Bonchev–Trinajstić information content (AvgIpc) is 2.58. The van der Waals surface area contributed by atoms with Crippen LogP contribution in [-0.4, -0.2) is 37.6 Å². The van der Waals surface area contributed by atoms with Crippen LogP contribution in [0.15, 0.2) is 31.6 Å². The number of hydrogen-bond acceptors (Lipinski definition) is 7. The molecule has 26 heavy (non-hydrogen) atoms. The lowest BCUT2D eigenvalue weighted by molar-refractivity contribution is 0.0522. The maximum absolute atomic E-state index is 11.3. The van der Waals surface area contributed by atoms with Crippen molar-refractivity contribution in [1.29, 1.82) is 0 Å². The fourth-order valence-electron chi connectivity index (χ4n) is 1.66. The van der Waals surface area contributed by atoms with E-state index in [-0.39, 0.29) is 17.7 Å². The maximum Gasteiger partial charge on any atom is 0.345 e. The summed E-state index contributed by atoms with van der Waals surface area (Å²) in [6, 6.07) is 0. The lowest BCUT2D eigenvalue weighted by Crippen LogP contribution is -2.37. The normalized spacial score (nSPS) is 9.81. The number of carbonyl (C=O) groups excluding carboxylic acids is 2. The number of ether oxygens (including phenoxy) is 1. The van der Waals surface area contributed by atoms with Crippen LogP contribution in [-0.2, 0) is 18.8 Å². The van der Waals surface area contributed by atoms with Crippen molar-refractivity contribution in [1.82, 2.24) is 19.1 Å². The fourth-order valence-corrected chi connectivity index (χ4v) is 1.66. The summed E-state index contributed by atoms with van der Waals surface area (Å²) in [5, 5.41) is 0. The topological polar surface area (TPSA) is 179 Å². The van der Waals surface area contributed by atoms with Gasteiger partial charge in [0.05, 0.1) is 6.61 Å². The van der Waals surface area contributed by atoms with Gasteiger partial charge < -0.3 is 20.4 Å². The molecule has 0 bridgehead atoms. The number of carbonyl (C=O) groups is 2. The third-order valence-corrected chi connectivity index (χ3v) is 3.12. The molecule has 140 valence electrons. The van der Waals surface area contributed by atoms with E-state index in [2.05, 4.69) is 14.7 Å². The van der Waals surface area contributed by atoms with Gasteiger partial charge in [-0.05, 0) is 6.92 Å². The minimum atomic E-state index is -0.855. The Balaban J connectivity index is 0.000000263. The Hall–Kier alpha value is -3.70. The zero-order valence-corrected chi connectivity index (χ0v) is 14.2. The molecule has 0 aliphatic carbocycles. The molecule has 0 saturated carbocycles. The van der Waals surface area contributed by atoms with Gasteiger partial charge >= 0.3 is 17.3 Å². The molecule has 2 rings (SSSR count). The Kier molecular flexibility index (Phi) is 6.58. The van der Waals surface area contributed by atoms with Crippen molar-refractivity contribution in [3.8, 4) is 0 Å². The van der Waals surface area contributed by atoms with E-state index in [0.29, 0.717) is 0 Å². The number of hydrogen-bond donors (Lipinski definition) is 3. The Labute approximate surface area is 144 Å². The molecule has 0 radical (unpaired) electrons. The minimum Gasteiger partial charge on any atom is -0.462 e. The Morgan fingerprint density at radius 2 is 1.38 bits per heavy atom. The fraction of sp³-hybridized carbons (Fsp3) is 0.286. The molecule has 0 fully saturated rings. The van der Waals surface area contributed by atoms with Gasteiger partial charge in [-0.1, -0.05) is 0 Å². The molecule has 0 spiro atoms. The Bertz CT molecular complexity index is 1060. The average molecular weight is 367 g/mol. The minimum absolute atomic E-state index is 0.172. The predicted molar refractivity (Wildman–Crippen MR) is 89.1 cm³/mol. The predicted octanol–water partition coefficient (Wildman–Crippen LogP) is -2.58. The number of primary amides is 1. The number of H-pyrrole nitrogens is 2. The molecule has 2 heterocycles. The number of nitrogens with one attached hydrogen (secondary N) is 2. The largest absolute Gasteiger partial charge is 0.462 e. The second kappa shape index (κ2) is 8.41. The van der Waals surface area contributed by atoms with Crippen LogP contribution in [0.1, 0.15) is 27.6 Å². The third kappa shape index (κ3) is 4.43. The van der Waals surface area contributed by atoms with Crippen molar-refractivity contribution in [3.05, 3.63) is 65.2 Å². The summed E-state index contributed by atoms with van der Waals surface area (Å²) >= 11 is 0. The van der Waals surface area contributed by atoms with Gasteiger partial charge in [0.15, 0.2) is 0 Å². The van der Waals surface area contributed by atoms with Gasteiger partial charge in [-0.3, -0.25) is 23.5 Å². The first-order chi connectivity index (χ1) is 12.1. The number of esters is 1. The molecule has 0 aliphatic heterocycles. The Morgan fingerprint density at radius 1 is 0.962 bits per heavy atom. The van der Waals surface area contributed by atoms with Crippen molar-refractivity contribution in [3.63, 3.8) is 0 Å². The summed E-state index contributed by atoms with van der Waals surface area (Å²) in [4.78, 5) is 70.3. The number of amides is 1. The lowest BCUT2D eigenvalue weighted by atomic mass is 10.3. The van der Waals surface area contributed by atoms with E-state index in [0.717, 1.165) is 21.5 Å². The SMILES string of the molecule is CCOC(=O)c1c[nH]c(=O)n(C)c1=O.Cn1c(=O)[nH]cc(C(N)=O)c1=O. The molecule has 0 aromatic carbocycles. The highest BCUT2D eigenvalue weighted by Crippen LogP contribution is 1.90. The van der Waals surface area contributed by atoms with E-state index >= 15 is 0 Å². The van der Waals surface area contributed by atoms with Crippen LogP contribution in [0.4, 0.5) is 0 Å². The molecular weight excluding hydrogens is 350 g/mol. The summed E-state index contributed by atoms with van der Waals surface area (Å²) in [6.07, 6.45) is 2.07. The number of nitrogens with zero attached hydrogens (tertiary/aromatic N) is 2. The van der Waals surface area contributed by atoms with Crippen LogP contribution >= 0.6 is 0 Å². The monoisotopic (exact) mass is 367 g/mol. The number of rotatable bonds is 3. The second-order valence-electron chi connectivity index (χ2n) is 4.83.